The summed E-state index contributed by atoms with van der Waals surface area (Å²) < 4.78 is 26.4. The molecule has 1 fully saturated rings. The Balaban J connectivity index is 2.68. The van der Waals surface area contributed by atoms with Crippen molar-refractivity contribution in [3.8, 4) is 0 Å². The second kappa shape index (κ2) is 6.52. The molecule has 0 amide bonds. The van der Waals surface area contributed by atoms with E-state index in [2.05, 4.69) is 10.2 Å². The third kappa shape index (κ3) is 3.68. The first-order valence-electron chi connectivity index (χ1n) is 7.09. The molecule has 1 aliphatic carbocycles. The first-order valence-corrected chi connectivity index (χ1v) is 8.60. The minimum Gasteiger partial charge on any atom is -0.316 e. The van der Waals surface area contributed by atoms with Crippen LogP contribution in [0.2, 0.25) is 0 Å². The molecular formula is C13H29N3O2S. The van der Waals surface area contributed by atoms with Gasteiger partial charge in [-0.2, -0.15) is 0 Å². The average Bonchev–Trinajstić information content (AvgIpc) is 2.29. The third-order valence-electron chi connectivity index (χ3n) is 4.37. The molecule has 1 aliphatic rings. The number of nitrogens with zero attached hydrogens (tertiary/aromatic N) is 2. The summed E-state index contributed by atoms with van der Waals surface area (Å²) in [6.07, 6.45) is 3.36. The van der Waals surface area contributed by atoms with Gasteiger partial charge in [-0.3, -0.25) is 0 Å². The maximum Gasteiger partial charge on any atom is 0.217 e. The van der Waals surface area contributed by atoms with E-state index in [0.717, 1.165) is 19.4 Å². The van der Waals surface area contributed by atoms with Gasteiger partial charge in [0, 0.05) is 25.7 Å². The van der Waals surface area contributed by atoms with Gasteiger partial charge < -0.3 is 10.2 Å². The van der Waals surface area contributed by atoms with Gasteiger partial charge in [0.2, 0.25) is 10.0 Å². The lowest BCUT2D eigenvalue weighted by Crippen LogP contribution is -2.58. The summed E-state index contributed by atoms with van der Waals surface area (Å²) in [4.78, 5) is 2.18. The quantitative estimate of drug-likeness (QED) is 0.716. The average molecular weight is 291 g/mol. The number of hydrogen-bond acceptors (Lipinski definition) is 4. The third-order valence-corrected chi connectivity index (χ3v) is 6.56. The van der Waals surface area contributed by atoms with E-state index in [1.165, 1.54) is 6.42 Å². The molecule has 19 heavy (non-hydrogen) atoms. The van der Waals surface area contributed by atoms with Crippen LogP contribution in [0, 0.1) is 0 Å². The zero-order valence-corrected chi connectivity index (χ0v) is 13.8. The van der Waals surface area contributed by atoms with Crippen molar-refractivity contribution in [3.05, 3.63) is 0 Å². The highest BCUT2D eigenvalue weighted by Crippen LogP contribution is 2.37. The Bertz CT molecular complexity index is 377. The molecule has 0 saturated heterocycles. The van der Waals surface area contributed by atoms with Gasteiger partial charge in [0.25, 0.3) is 0 Å². The van der Waals surface area contributed by atoms with Gasteiger partial charge >= 0.3 is 0 Å². The van der Waals surface area contributed by atoms with E-state index >= 15 is 0 Å². The van der Waals surface area contributed by atoms with Crippen molar-refractivity contribution in [1.29, 1.82) is 0 Å². The van der Waals surface area contributed by atoms with Crippen LogP contribution in [-0.2, 0) is 10.0 Å². The maximum absolute atomic E-state index is 12.4. The fraction of sp³-hybridized carbons (Fsp3) is 1.00. The number of hydrogen-bond donors (Lipinski definition) is 1. The molecule has 0 aliphatic heterocycles. The monoisotopic (exact) mass is 291 g/mol. The van der Waals surface area contributed by atoms with Crippen LogP contribution in [0.1, 0.15) is 33.1 Å². The first-order chi connectivity index (χ1) is 8.76. The van der Waals surface area contributed by atoms with Gasteiger partial charge in [0.1, 0.15) is 0 Å². The van der Waals surface area contributed by atoms with Gasteiger partial charge in [-0.25, -0.2) is 12.7 Å². The van der Waals surface area contributed by atoms with Crippen molar-refractivity contribution in [2.45, 2.75) is 43.9 Å². The van der Waals surface area contributed by atoms with Crippen molar-refractivity contribution >= 4 is 10.0 Å². The van der Waals surface area contributed by atoms with Gasteiger partial charge in [0.15, 0.2) is 0 Å². The van der Waals surface area contributed by atoms with Crippen LogP contribution in [0.25, 0.3) is 0 Å². The predicted octanol–water partition coefficient (Wildman–Crippen LogP) is 0.730. The highest BCUT2D eigenvalue weighted by Gasteiger charge is 2.42. The molecule has 0 aromatic carbocycles. The Morgan fingerprint density at radius 1 is 1.26 bits per heavy atom. The largest absolute Gasteiger partial charge is 0.316 e. The standard InChI is InChI=1S/C13H29N3O2S/c1-6-14-10-12(2)19(17,18)16(5)11-13(15(3)4)8-7-9-13/h12,14H,6-11H2,1-5H3. The van der Waals surface area contributed by atoms with Gasteiger partial charge in [0.05, 0.1) is 5.25 Å². The van der Waals surface area contributed by atoms with E-state index in [0.29, 0.717) is 13.1 Å². The van der Waals surface area contributed by atoms with Crippen molar-refractivity contribution < 1.29 is 8.42 Å². The van der Waals surface area contributed by atoms with Crippen molar-refractivity contribution in [3.63, 3.8) is 0 Å². The van der Waals surface area contributed by atoms with Crippen LogP contribution >= 0.6 is 0 Å². The molecular weight excluding hydrogens is 262 g/mol. The predicted molar refractivity (Wildman–Crippen MR) is 79.8 cm³/mol. The van der Waals surface area contributed by atoms with Crippen LogP contribution in [0.3, 0.4) is 0 Å². The molecule has 1 rings (SSSR count). The first kappa shape index (κ1) is 16.9. The normalized spacial score (nSPS) is 20.6. The van der Waals surface area contributed by atoms with E-state index in [1.807, 2.05) is 21.0 Å². The molecule has 0 spiro atoms. The van der Waals surface area contributed by atoms with Gasteiger partial charge in [-0.15, -0.1) is 0 Å². The van der Waals surface area contributed by atoms with Crippen molar-refractivity contribution in [1.82, 2.24) is 14.5 Å². The Kier molecular flexibility index (Phi) is 5.79. The van der Waals surface area contributed by atoms with E-state index in [1.54, 1.807) is 18.3 Å². The molecule has 0 radical (unpaired) electrons. The minimum atomic E-state index is -3.21. The molecule has 1 unspecified atom stereocenters. The van der Waals surface area contributed by atoms with Crippen LogP contribution in [0.5, 0.6) is 0 Å². The molecule has 1 atom stereocenters. The smallest absolute Gasteiger partial charge is 0.217 e. The van der Waals surface area contributed by atoms with Crippen LogP contribution in [0.4, 0.5) is 0 Å². The van der Waals surface area contributed by atoms with Crippen molar-refractivity contribution in [2.24, 2.45) is 0 Å². The maximum atomic E-state index is 12.4. The highest BCUT2D eigenvalue weighted by molar-refractivity contribution is 7.89. The Labute approximate surface area is 118 Å². The highest BCUT2D eigenvalue weighted by atomic mass is 32.2. The van der Waals surface area contributed by atoms with Crippen LogP contribution in [0.15, 0.2) is 0 Å². The number of rotatable bonds is 8. The van der Waals surface area contributed by atoms with E-state index in [-0.39, 0.29) is 10.8 Å². The molecule has 0 heterocycles. The summed E-state index contributed by atoms with van der Waals surface area (Å²) in [5, 5.41) is 2.73. The van der Waals surface area contributed by atoms with Gasteiger partial charge in [-0.1, -0.05) is 6.92 Å². The van der Waals surface area contributed by atoms with Crippen molar-refractivity contribution in [2.75, 3.05) is 40.8 Å². The van der Waals surface area contributed by atoms with E-state index < -0.39 is 10.0 Å². The summed E-state index contributed by atoms with van der Waals surface area (Å²) in [5.41, 5.74) is 0.0414. The van der Waals surface area contributed by atoms with E-state index in [4.69, 9.17) is 0 Å². The molecule has 1 N–H and O–H groups in total. The topological polar surface area (TPSA) is 52.7 Å². The molecule has 0 aromatic heterocycles. The second-order valence-electron chi connectivity index (χ2n) is 5.89. The molecule has 0 aromatic rings. The van der Waals surface area contributed by atoms with E-state index in [9.17, 15) is 8.42 Å². The second-order valence-corrected chi connectivity index (χ2v) is 8.35. The molecule has 114 valence electrons. The lowest BCUT2D eigenvalue weighted by molar-refractivity contribution is 0.0453. The lowest BCUT2D eigenvalue weighted by atomic mass is 9.75. The fourth-order valence-corrected chi connectivity index (χ4v) is 3.96. The lowest BCUT2D eigenvalue weighted by Gasteiger charge is -2.49. The summed E-state index contributed by atoms with van der Waals surface area (Å²) in [6.45, 7) is 5.66. The number of likely N-dealkylation sites (N-methyl/N-ethyl adjacent to an activating group) is 2. The molecule has 5 nitrogen and oxygen atoms in total. The summed E-state index contributed by atoms with van der Waals surface area (Å²) in [7, 11) is 2.59. The Hall–Kier alpha value is -0.170. The minimum absolute atomic E-state index is 0.0414. The molecule has 1 saturated carbocycles. The van der Waals surface area contributed by atoms with Crippen LogP contribution < -0.4 is 5.32 Å². The number of nitrogens with one attached hydrogen (secondary N) is 1. The van der Waals surface area contributed by atoms with Crippen LogP contribution in [-0.4, -0.2) is 69.2 Å². The molecule has 0 bridgehead atoms. The summed E-state index contributed by atoms with van der Waals surface area (Å²) in [6, 6.07) is 0. The summed E-state index contributed by atoms with van der Waals surface area (Å²) in [5.74, 6) is 0. The Morgan fingerprint density at radius 2 is 1.84 bits per heavy atom. The fourth-order valence-electron chi connectivity index (χ4n) is 2.60. The Morgan fingerprint density at radius 3 is 2.21 bits per heavy atom. The summed E-state index contributed by atoms with van der Waals surface area (Å²) >= 11 is 0. The number of sulfonamides is 1. The molecule has 6 heteroatoms. The zero-order valence-electron chi connectivity index (χ0n) is 12.9. The van der Waals surface area contributed by atoms with Gasteiger partial charge in [-0.05, 0) is 46.8 Å². The zero-order chi connectivity index (χ0) is 14.7. The SMILES string of the molecule is CCNCC(C)S(=O)(=O)N(C)CC1(N(C)C)CCC1.